The van der Waals surface area contributed by atoms with Crippen molar-refractivity contribution >= 4 is 6.16 Å². The van der Waals surface area contributed by atoms with Crippen LogP contribution in [0.25, 0.3) is 0 Å². The number of carbonyl (C=O) groups excluding carboxylic acids is 1. The minimum absolute atomic E-state index is 0.455. The van der Waals surface area contributed by atoms with Crippen LogP contribution in [0.15, 0.2) is 43.0 Å². The van der Waals surface area contributed by atoms with Gasteiger partial charge >= 0.3 is 6.16 Å². The largest absolute Gasteiger partial charge is 0.508 e. The average Bonchev–Trinajstić information content (AvgIpc) is 2.26. The highest BCUT2D eigenvalue weighted by molar-refractivity contribution is 5.60. The van der Waals surface area contributed by atoms with Gasteiger partial charge in [0, 0.05) is 0 Å². The third-order valence-electron chi connectivity index (χ3n) is 1.73. The molecule has 1 aromatic rings. The maximum absolute atomic E-state index is 10.9. The number of carbonyl (C=O) groups is 1. The van der Waals surface area contributed by atoms with Gasteiger partial charge in [0.2, 0.25) is 0 Å². The molecule has 0 spiro atoms. The molecule has 0 bridgehead atoms. The van der Waals surface area contributed by atoms with Crippen molar-refractivity contribution < 1.29 is 14.3 Å². The summed E-state index contributed by atoms with van der Waals surface area (Å²) in [5, 5.41) is 0. The van der Waals surface area contributed by atoms with E-state index < -0.39 is 12.3 Å². The number of hydrogen-bond acceptors (Lipinski definition) is 3. The van der Waals surface area contributed by atoms with Crippen LogP contribution in [0.5, 0.6) is 0 Å². The van der Waals surface area contributed by atoms with Gasteiger partial charge in [-0.2, -0.15) is 0 Å². The number of rotatable bonds is 3. The summed E-state index contributed by atoms with van der Waals surface area (Å²) < 4.78 is 9.35. The lowest BCUT2D eigenvalue weighted by molar-refractivity contribution is 0.0523. The second-order valence-electron chi connectivity index (χ2n) is 2.64. The molecule has 0 heterocycles. The van der Waals surface area contributed by atoms with Crippen molar-refractivity contribution in [1.82, 2.24) is 0 Å². The molecule has 0 aliphatic rings. The maximum atomic E-state index is 10.9. The standard InChI is InChI=1S/C11H12O3/c1-3-10(14-11(12)13-2)9-7-5-4-6-8-9/h3-8,10H,1H2,2H3/t10-/m1/s1. The molecule has 0 saturated carbocycles. The van der Waals surface area contributed by atoms with Crippen molar-refractivity contribution in [2.45, 2.75) is 6.10 Å². The Bertz CT molecular complexity index is 306. The second kappa shape index (κ2) is 5.07. The monoisotopic (exact) mass is 192 g/mol. The predicted molar refractivity (Wildman–Crippen MR) is 52.9 cm³/mol. The van der Waals surface area contributed by atoms with Crippen LogP contribution in [0, 0.1) is 0 Å². The van der Waals surface area contributed by atoms with Crippen LogP contribution >= 0.6 is 0 Å². The van der Waals surface area contributed by atoms with E-state index in [9.17, 15) is 4.79 Å². The highest BCUT2D eigenvalue weighted by Gasteiger charge is 2.12. The SMILES string of the molecule is C=C[C@@H](OC(=O)OC)c1ccccc1. The van der Waals surface area contributed by atoms with Crippen LogP contribution < -0.4 is 0 Å². The van der Waals surface area contributed by atoms with Gasteiger partial charge in [-0.3, -0.25) is 0 Å². The van der Waals surface area contributed by atoms with Gasteiger partial charge < -0.3 is 9.47 Å². The van der Waals surface area contributed by atoms with Gasteiger partial charge in [0.05, 0.1) is 7.11 Å². The number of methoxy groups -OCH3 is 1. The van der Waals surface area contributed by atoms with Crippen LogP contribution in [0.1, 0.15) is 11.7 Å². The summed E-state index contributed by atoms with van der Waals surface area (Å²) in [6, 6.07) is 9.34. The van der Waals surface area contributed by atoms with E-state index in [1.54, 1.807) is 6.08 Å². The van der Waals surface area contributed by atoms with E-state index in [4.69, 9.17) is 4.74 Å². The lowest BCUT2D eigenvalue weighted by Gasteiger charge is -2.12. The van der Waals surface area contributed by atoms with Gasteiger partial charge in [-0.15, -0.1) is 0 Å². The highest BCUT2D eigenvalue weighted by Crippen LogP contribution is 2.18. The van der Waals surface area contributed by atoms with E-state index in [-0.39, 0.29) is 0 Å². The summed E-state index contributed by atoms with van der Waals surface area (Å²) in [5.41, 5.74) is 0.868. The first-order valence-corrected chi connectivity index (χ1v) is 4.20. The zero-order valence-corrected chi connectivity index (χ0v) is 7.97. The van der Waals surface area contributed by atoms with Crippen molar-refractivity contribution in [3.8, 4) is 0 Å². The normalized spacial score (nSPS) is 11.5. The van der Waals surface area contributed by atoms with Gasteiger partial charge in [-0.1, -0.05) is 36.9 Å². The van der Waals surface area contributed by atoms with E-state index in [0.29, 0.717) is 0 Å². The van der Waals surface area contributed by atoms with Crippen molar-refractivity contribution in [1.29, 1.82) is 0 Å². The Morgan fingerprint density at radius 2 is 2.07 bits per heavy atom. The molecule has 0 radical (unpaired) electrons. The fourth-order valence-corrected chi connectivity index (χ4v) is 1.05. The van der Waals surface area contributed by atoms with E-state index in [0.717, 1.165) is 5.56 Å². The Morgan fingerprint density at radius 3 is 2.57 bits per heavy atom. The molecular formula is C11H12O3. The predicted octanol–water partition coefficient (Wildman–Crippen LogP) is 2.70. The van der Waals surface area contributed by atoms with Crippen LogP contribution in [0.3, 0.4) is 0 Å². The van der Waals surface area contributed by atoms with Gasteiger partial charge in [0.25, 0.3) is 0 Å². The molecule has 1 aromatic carbocycles. The lowest BCUT2D eigenvalue weighted by Crippen LogP contribution is -2.09. The van der Waals surface area contributed by atoms with Crippen molar-refractivity contribution in [2.24, 2.45) is 0 Å². The van der Waals surface area contributed by atoms with Crippen molar-refractivity contribution in [2.75, 3.05) is 7.11 Å². The molecule has 3 heteroatoms. The van der Waals surface area contributed by atoms with Crippen molar-refractivity contribution in [3.63, 3.8) is 0 Å². The molecule has 0 unspecified atom stereocenters. The molecule has 0 aromatic heterocycles. The van der Waals surface area contributed by atoms with E-state index in [1.807, 2.05) is 30.3 Å². The van der Waals surface area contributed by atoms with Gasteiger partial charge in [-0.25, -0.2) is 4.79 Å². The number of benzene rings is 1. The fraction of sp³-hybridized carbons (Fsp3) is 0.182. The molecule has 1 rings (SSSR count). The summed E-state index contributed by atoms with van der Waals surface area (Å²) in [7, 11) is 1.27. The molecule has 1 atom stereocenters. The van der Waals surface area contributed by atoms with Crippen LogP contribution in [-0.2, 0) is 9.47 Å². The molecule has 0 saturated heterocycles. The summed E-state index contributed by atoms with van der Waals surface area (Å²) in [6.07, 6.45) is 0.383. The average molecular weight is 192 g/mol. The Kier molecular flexibility index (Phi) is 3.73. The Morgan fingerprint density at radius 1 is 1.43 bits per heavy atom. The molecule has 3 nitrogen and oxygen atoms in total. The first-order valence-electron chi connectivity index (χ1n) is 4.20. The smallest absolute Gasteiger partial charge is 0.438 e. The van der Waals surface area contributed by atoms with Crippen LogP contribution in [0.2, 0.25) is 0 Å². The van der Waals surface area contributed by atoms with Crippen molar-refractivity contribution in [3.05, 3.63) is 48.6 Å². The Labute approximate surface area is 83.0 Å². The zero-order valence-electron chi connectivity index (χ0n) is 7.97. The first kappa shape index (κ1) is 10.3. The molecule has 0 N–H and O–H groups in total. The van der Waals surface area contributed by atoms with E-state index >= 15 is 0 Å². The summed E-state index contributed by atoms with van der Waals surface area (Å²) in [4.78, 5) is 10.9. The second-order valence-corrected chi connectivity index (χ2v) is 2.64. The molecule has 0 amide bonds. The summed E-state index contributed by atoms with van der Waals surface area (Å²) in [6.45, 7) is 3.59. The topological polar surface area (TPSA) is 35.5 Å². The lowest BCUT2D eigenvalue weighted by atomic mass is 10.1. The van der Waals surface area contributed by atoms with Crippen LogP contribution in [-0.4, -0.2) is 13.3 Å². The highest BCUT2D eigenvalue weighted by atomic mass is 16.7. The molecule has 74 valence electrons. The minimum atomic E-state index is -0.709. The summed E-state index contributed by atoms with van der Waals surface area (Å²) in [5.74, 6) is 0. The molecule has 0 aliphatic heterocycles. The Hall–Kier alpha value is -1.77. The molecule has 0 fully saturated rings. The molecular weight excluding hydrogens is 180 g/mol. The van der Waals surface area contributed by atoms with Gasteiger partial charge in [-0.05, 0) is 11.6 Å². The number of ether oxygens (including phenoxy) is 2. The summed E-state index contributed by atoms with van der Waals surface area (Å²) >= 11 is 0. The Balaban J connectivity index is 2.73. The van der Waals surface area contributed by atoms with E-state index in [2.05, 4.69) is 11.3 Å². The fourth-order valence-electron chi connectivity index (χ4n) is 1.05. The molecule has 0 aliphatic carbocycles. The number of hydrogen-bond donors (Lipinski definition) is 0. The first-order chi connectivity index (χ1) is 6.77. The molecule has 14 heavy (non-hydrogen) atoms. The van der Waals surface area contributed by atoms with Crippen LogP contribution in [0.4, 0.5) is 4.79 Å². The third kappa shape index (κ3) is 2.62. The van der Waals surface area contributed by atoms with Gasteiger partial charge in [0.1, 0.15) is 6.10 Å². The minimum Gasteiger partial charge on any atom is -0.438 e. The van der Waals surface area contributed by atoms with Gasteiger partial charge in [0.15, 0.2) is 0 Å². The third-order valence-corrected chi connectivity index (χ3v) is 1.73. The maximum Gasteiger partial charge on any atom is 0.508 e. The quantitative estimate of drug-likeness (QED) is 0.545. The van der Waals surface area contributed by atoms with E-state index in [1.165, 1.54) is 7.11 Å². The zero-order chi connectivity index (χ0) is 10.4.